The van der Waals surface area contributed by atoms with E-state index in [1.54, 1.807) is 12.1 Å². The van der Waals surface area contributed by atoms with Crippen LogP contribution in [0.25, 0.3) is 0 Å². The average molecular weight is 365 g/mol. The second-order valence-corrected chi connectivity index (χ2v) is 6.13. The Hall–Kier alpha value is -3.25. The van der Waals surface area contributed by atoms with E-state index in [2.05, 4.69) is 10.3 Å². The van der Waals surface area contributed by atoms with Crippen molar-refractivity contribution in [3.8, 4) is 11.6 Å². The summed E-state index contributed by atoms with van der Waals surface area (Å²) in [5, 5.41) is 3.36. The van der Waals surface area contributed by atoms with Crippen LogP contribution in [0.1, 0.15) is 34.5 Å². The van der Waals surface area contributed by atoms with Crippen molar-refractivity contribution in [1.29, 1.82) is 0 Å². The molecule has 0 saturated carbocycles. The Morgan fingerprint density at radius 1 is 1.19 bits per heavy atom. The monoisotopic (exact) mass is 365 g/mol. The quantitative estimate of drug-likeness (QED) is 0.664. The smallest absolute Gasteiger partial charge is 0.250 e. The molecule has 0 radical (unpaired) electrons. The molecule has 3 aromatic rings. The van der Waals surface area contributed by atoms with Gasteiger partial charge in [-0.3, -0.25) is 4.79 Å². The van der Waals surface area contributed by atoms with Gasteiger partial charge >= 0.3 is 0 Å². The highest BCUT2D eigenvalue weighted by molar-refractivity contribution is 5.92. The second kappa shape index (κ2) is 8.42. The minimum atomic E-state index is -0.582. The van der Waals surface area contributed by atoms with Crippen molar-refractivity contribution in [3.05, 3.63) is 89.4 Å². The maximum absolute atomic E-state index is 14.4. The number of hydrogen-bond donors (Lipinski definition) is 2. The Morgan fingerprint density at radius 3 is 2.59 bits per heavy atom. The third-order valence-corrected chi connectivity index (χ3v) is 4.15. The fraction of sp³-hybridized carbons (Fsp3) is 0.143. The van der Waals surface area contributed by atoms with Gasteiger partial charge in [0.1, 0.15) is 0 Å². The van der Waals surface area contributed by atoms with Gasteiger partial charge in [-0.05, 0) is 36.2 Å². The molecule has 5 nitrogen and oxygen atoms in total. The molecule has 2 aromatic carbocycles. The number of aromatic nitrogens is 1. The van der Waals surface area contributed by atoms with Crippen LogP contribution in [0.4, 0.5) is 4.39 Å². The third kappa shape index (κ3) is 4.89. The van der Waals surface area contributed by atoms with Gasteiger partial charge in [-0.1, -0.05) is 36.4 Å². The summed E-state index contributed by atoms with van der Waals surface area (Å²) in [6.45, 7) is 2.67. The lowest BCUT2D eigenvalue weighted by atomic mass is 10.1. The predicted molar refractivity (Wildman–Crippen MR) is 101 cm³/mol. The first-order valence-corrected chi connectivity index (χ1v) is 8.53. The minimum absolute atomic E-state index is 0.0262. The van der Waals surface area contributed by atoms with E-state index in [9.17, 15) is 9.18 Å². The van der Waals surface area contributed by atoms with Crippen LogP contribution in [0.2, 0.25) is 0 Å². The second-order valence-electron chi connectivity index (χ2n) is 6.13. The molecule has 1 amide bonds. The van der Waals surface area contributed by atoms with Crippen LogP contribution in [0.3, 0.4) is 0 Å². The Morgan fingerprint density at radius 2 is 1.96 bits per heavy atom. The summed E-state index contributed by atoms with van der Waals surface area (Å²) in [5.74, 6) is -0.821. The number of primary amides is 1. The van der Waals surface area contributed by atoms with Crippen molar-refractivity contribution in [2.75, 3.05) is 0 Å². The van der Waals surface area contributed by atoms with Gasteiger partial charge in [0.05, 0.1) is 5.56 Å². The van der Waals surface area contributed by atoms with E-state index in [0.717, 1.165) is 11.1 Å². The number of ether oxygens (including phenoxy) is 1. The first-order valence-electron chi connectivity index (χ1n) is 8.53. The van der Waals surface area contributed by atoms with Crippen LogP contribution >= 0.6 is 0 Å². The van der Waals surface area contributed by atoms with Gasteiger partial charge in [0.15, 0.2) is 11.6 Å². The Balaban J connectivity index is 1.65. The number of hydrogen-bond acceptors (Lipinski definition) is 4. The SMILES string of the molecule is C[C@H](NCc1ccccc1)c1ccc(Oc2ccc(C(N)=O)cn2)c(F)c1. The number of nitrogens with one attached hydrogen (secondary N) is 1. The molecule has 27 heavy (non-hydrogen) atoms. The fourth-order valence-corrected chi connectivity index (χ4v) is 2.55. The number of rotatable bonds is 7. The molecule has 0 fully saturated rings. The van der Waals surface area contributed by atoms with Crippen LogP contribution in [-0.4, -0.2) is 10.9 Å². The van der Waals surface area contributed by atoms with Crippen molar-refractivity contribution in [2.24, 2.45) is 5.73 Å². The van der Waals surface area contributed by atoms with Gasteiger partial charge in [-0.25, -0.2) is 9.37 Å². The van der Waals surface area contributed by atoms with Crippen molar-refractivity contribution < 1.29 is 13.9 Å². The lowest BCUT2D eigenvalue weighted by Crippen LogP contribution is -2.18. The average Bonchev–Trinajstić information content (AvgIpc) is 2.69. The number of carbonyl (C=O) groups is 1. The molecular weight excluding hydrogens is 345 g/mol. The summed E-state index contributed by atoms with van der Waals surface area (Å²) in [6, 6.07) is 17.7. The normalized spacial score (nSPS) is 11.8. The van der Waals surface area contributed by atoms with Crippen molar-refractivity contribution >= 4 is 5.91 Å². The summed E-state index contributed by atoms with van der Waals surface area (Å²) in [6.07, 6.45) is 1.29. The zero-order chi connectivity index (χ0) is 19.2. The molecule has 138 valence electrons. The van der Waals surface area contributed by atoms with Crippen LogP contribution < -0.4 is 15.8 Å². The molecule has 1 heterocycles. The molecular formula is C21H20FN3O2. The summed E-state index contributed by atoms with van der Waals surface area (Å²) >= 11 is 0. The molecule has 0 saturated heterocycles. The van der Waals surface area contributed by atoms with E-state index < -0.39 is 11.7 Å². The summed E-state index contributed by atoms with van der Waals surface area (Å²) < 4.78 is 19.9. The van der Waals surface area contributed by atoms with E-state index in [1.165, 1.54) is 24.4 Å². The highest BCUT2D eigenvalue weighted by Gasteiger charge is 2.11. The van der Waals surface area contributed by atoms with Crippen LogP contribution in [-0.2, 0) is 6.54 Å². The third-order valence-electron chi connectivity index (χ3n) is 4.15. The predicted octanol–water partition coefficient (Wildman–Crippen LogP) is 3.96. The standard InChI is InChI=1S/C21H20FN3O2/c1-14(24-12-15-5-3-2-4-6-15)16-7-9-19(18(22)11-16)27-20-10-8-17(13-25-20)21(23)26/h2-11,13-14,24H,12H2,1H3,(H2,23,26)/t14-/m0/s1. The molecule has 3 N–H and O–H groups in total. The lowest BCUT2D eigenvalue weighted by Gasteiger charge is -2.15. The van der Waals surface area contributed by atoms with Gasteiger partial charge < -0.3 is 15.8 Å². The highest BCUT2D eigenvalue weighted by Crippen LogP contribution is 2.26. The number of amides is 1. The van der Waals surface area contributed by atoms with E-state index >= 15 is 0 Å². The van der Waals surface area contributed by atoms with Crippen LogP contribution in [0.5, 0.6) is 11.6 Å². The van der Waals surface area contributed by atoms with Crippen LogP contribution in [0.15, 0.2) is 66.9 Å². The number of benzene rings is 2. The van der Waals surface area contributed by atoms with Crippen molar-refractivity contribution in [3.63, 3.8) is 0 Å². The Bertz CT molecular complexity index is 914. The fourth-order valence-electron chi connectivity index (χ4n) is 2.55. The molecule has 0 aliphatic carbocycles. The first kappa shape index (κ1) is 18.5. The zero-order valence-electron chi connectivity index (χ0n) is 14.9. The van der Waals surface area contributed by atoms with Crippen molar-refractivity contribution in [1.82, 2.24) is 10.3 Å². The van der Waals surface area contributed by atoms with E-state index in [0.29, 0.717) is 6.54 Å². The summed E-state index contributed by atoms with van der Waals surface area (Å²) in [4.78, 5) is 15.0. The molecule has 0 aliphatic heterocycles. The zero-order valence-corrected chi connectivity index (χ0v) is 14.9. The number of carbonyl (C=O) groups excluding carboxylic acids is 1. The first-order chi connectivity index (χ1) is 13.0. The maximum Gasteiger partial charge on any atom is 0.250 e. The topological polar surface area (TPSA) is 77.2 Å². The molecule has 0 spiro atoms. The highest BCUT2D eigenvalue weighted by atomic mass is 19.1. The Kier molecular flexibility index (Phi) is 5.78. The molecule has 0 aliphatic rings. The van der Waals surface area contributed by atoms with E-state index in [4.69, 9.17) is 10.5 Å². The molecule has 3 rings (SSSR count). The number of nitrogens with two attached hydrogens (primary N) is 1. The summed E-state index contributed by atoms with van der Waals surface area (Å²) in [5.41, 5.74) is 7.40. The van der Waals surface area contributed by atoms with E-state index in [-0.39, 0.29) is 23.2 Å². The number of halogens is 1. The van der Waals surface area contributed by atoms with Gasteiger partial charge in [0, 0.05) is 24.8 Å². The molecule has 1 atom stereocenters. The summed E-state index contributed by atoms with van der Waals surface area (Å²) in [7, 11) is 0. The van der Waals surface area contributed by atoms with Crippen LogP contribution in [0, 0.1) is 5.82 Å². The van der Waals surface area contributed by atoms with Gasteiger partial charge in [-0.15, -0.1) is 0 Å². The van der Waals surface area contributed by atoms with Gasteiger partial charge in [0.2, 0.25) is 11.8 Å². The van der Waals surface area contributed by atoms with Gasteiger partial charge in [-0.2, -0.15) is 0 Å². The lowest BCUT2D eigenvalue weighted by molar-refractivity contribution is 0.1000. The number of pyridine rings is 1. The van der Waals surface area contributed by atoms with E-state index in [1.807, 2.05) is 37.3 Å². The number of nitrogens with zero attached hydrogens (tertiary/aromatic N) is 1. The van der Waals surface area contributed by atoms with Gasteiger partial charge in [0.25, 0.3) is 0 Å². The molecule has 0 unspecified atom stereocenters. The molecule has 1 aromatic heterocycles. The maximum atomic E-state index is 14.4. The molecule has 0 bridgehead atoms. The van der Waals surface area contributed by atoms with Crippen molar-refractivity contribution in [2.45, 2.75) is 19.5 Å². The minimum Gasteiger partial charge on any atom is -0.436 e. The Labute approximate surface area is 157 Å². The largest absolute Gasteiger partial charge is 0.436 e. The molecule has 6 heteroatoms.